The molecule has 0 spiro atoms. The van der Waals surface area contributed by atoms with Crippen molar-refractivity contribution in [2.45, 2.75) is 0 Å². The lowest BCUT2D eigenvalue weighted by molar-refractivity contribution is 0.0964. The molecule has 0 saturated heterocycles. The maximum Gasteiger partial charge on any atom is 0.257 e. The van der Waals surface area contributed by atoms with E-state index in [1.54, 1.807) is 42.5 Å². The lowest BCUT2D eigenvalue weighted by Crippen LogP contribution is -2.21. The van der Waals surface area contributed by atoms with Gasteiger partial charge < -0.3 is 10.6 Å². The van der Waals surface area contributed by atoms with Gasteiger partial charge in [-0.3, -0.25) is 9.59 Å². The highest BCUT2D eigenvalue weighted by Crippen LogP contribution is 2.27. The Kier molecular flexibility index (Phi) is 4.98. The Morgan fingerprint density at radius 1 is 1.00 bits per heavy atom. The number of hydrogen-bond donors (Lipinski definition) is 2. The lowest BCUT2D eigenvalue weighted by atomic mass is 10.1. The highest BCUT2D eigenvalue weighted by atomic mass is 79.9. The van der Waals surface area contributed by atoms with Crippen molar-refractivity contribution in [3.05, 3.63) is 63.1 Å². The Balaban J connectivity index is 2.32. The number of rotatable bonds is 3. The number of nitrogens with one attached hydrogen (secondary N) is 2. The number of para-hydroxylation sites is 1. The van der Waals surface area contributed by atoms with Gasteiger partial charge in [-0.2, -0.15) is 0 Å². The molecule has 2 amide bonds. The van der Waals surface area contributed by atoms with Crippen molar-refractivity contribution < 1.29 is 9.59 Å². The van der Waals surface area contributed by atoms with E-state index in [-0.39, 0.29) is 11.8 Å². The topological polar surface area (TPSA) is 58.2 Å². The molecule has 0 saturated carbocycles. The van der Waals surface area contributed by atoms with E-state index < -0.39 is 0 Å². The summed E-state index contributed by atoms with van der Waals surface area (Å²) in [5.74, 6) is -0.649. The summed E-state index contributed by atoms with van der Waals surface area (Å²) in [7, 11) is 1.53. The van der Waals surface area contributed by atoms with E-state index in [1.807, 2.05) is 0 Å². The molecule has 0 bridgehead atoms. The zero-order valence-corrected chi connectivity index (χ0v) is 13.5. The first-order valence-corrected chi connectivity index (χ1v) is 7.28. The molecule has 0 atom stereocenters. The number of hydrogen-bond acceptors (Lipinski definition) is 2. The number of carbonyl (C=O) groups excluding carboxylic acids is 2. The molecule has 0 fully saturated rings. The van der Waals surface area contributed by atoms with Gasteiger partial charge in [0.2, 0.25) is 0 Å². The Bertz CT molecular complexity index is 704. The number of benzene rings is 2. The molecule has 2 aromatic carbocycles. The Labute approximate surface area is 135 Å². The van der Waals surface area contributed by atoms with Crippen molar-refractivity contribution >= 4 is 45.0 Å². The molecule has 2 aromatic rings. The molecule has 0 aromatic heterocycles. The monoisotopic (exact) mass is 366 g/mol. The normalized spacial score (nSPS) is 10.0. The highest BCUT2D eigenvalue weighted by molar-refractivity contribution is 9.10. The molecule has 108 valence electrons. The molecule has 0 aliphatic heterocycles. The first-order valence-electron chi connectivity index (χ1n) is 6.11. The van der Waals surface area contributed by atoms with E-state index >= 15 is 0 Å². The van der Waals surface area contributed by atoms with Crippen LogP contribution in [0.1, 0.15) is 20.7 Å². The number of carbonyl (C=O) groups is 2. The van der Waals surface area contributed by atoms with Crippen molar-refractivity contribution in [3.63, 3.8) is 0 Å². The molecular weight excluding hydrogens is 356 g/mol. The number of halogens is 2. The van der Waals surface area contributed by atoms with Crippen LogP contribution in [-0.2, 0) is 0 Å². The molecule has 0 aliphatic rings. The van der Waals surface area contributed by atoms with Crippen molar-refractivity contribution in [2.24, 2.45) is 0 Å². The highest BCUT2D eigenvalue weighted by Gasteiger charge is 2.15. The molecule has 0 aliphatic carbocycles. The third kappa shape index (κ3) is 3.43. The molecule has 0 radical (unpaired) electrons. The van der Waals surface area contributed by atoms with Gasteiger partial charge in [-0.15, -0.1) is 0 Å². The summed E-state index contributed by atoms with van der Waals surface area (Å²) in [5.41, 5.74) is 1.15. The molecule has 21 heavy (non-hydrogen) atoms. The summed E-state index contributed by atoms with van der Waals surface area (Å²) in [4.78, 5) is 24.1. The van der Waals surface area contributed by atoms with E-state index in [4.69, 9.17) is 11.6 Å². The average Bonchev–Trinajstić information content (AvgIpc) is 2.49. The SMILES string of the molecule is CNC(=O)c1ccccc1NC(=O)c1cccc(Br)c1Cl. The molecule has 0 heterocycles. The summed E-state index contributed by atoms with van der Waals surface area (Å²) in [5, 5.41) is 5.56. The smallest absolute Gasteiger partial charge is 0.257 e. The fraction of sp³-hybridized carbons (Fsp3) is 0.0667. The van der Waals surface area contributed by atoms with Gasteiger partial charge >= 0.3 is 0 Å². The van der Waals surface area contributed by atoms with Crippen molar-refractivity contribution in [2.75, 3.05) is 12.4 Å². The first-order chi connectivity index (χ1) is 10.0. The van der Waals surface area contributed by atoms with Crippen molar-refractivity contribution in [3.8, 4) is 0 Å². The Morgan fingerprint density at radius 3 is 2.38 bits per heavy atom. The van der Waals surface area contributed by atoms with Gasteiger partial charge in [0.25, 0.3) is 11.8 Å². The summed E-state index contributed by atoms with van der Waals surface area (Å²) in [6.07, 6.45) is 0. The van der Waals surface area contributed by atoms with Gasteiger partial charge in [0, 0.05) is 11.5 Å². The van der Waals surface area contributed by atoms with Crippen LogP contribution in [-0.4, -0.2) is 18.9 Å². The second kappa shape index (κ2) is 6.74. The van der Waals surface area contributed by atoms with Gasteiger partial charge in [-0.1, -0.05) is 29.8 Å². The summed E-state index contributed by atoms with van der Waals surface area (Å²) in [6.45, 7) is 0. The van der Waals surface area contributed by atoms with Gasteiger partial charge in [-0.25, -0.2) is 0 Å². The summed E-state index contributed by atoms with van der Waals surface area (Å²) in [6, 6.07) is 11.8. The Morgan fingerprint density at radius 2 is 1.67 bits per heavy atom. The van der Waals surface area contributed by atoms with Crippen LogP contribution in [0.3, 0.4) is 0 Å². The molecule has 2 rings (SSSR count). The average molecular weight is 368 g/mol. The fourth-order valence-corrected chi connectivity index (χ4v) is 2.37. The molecule has 6 heteroatoms. The van der Waals surface area contributed by atoms with Crippen LogP contribution in [0.15, 0.2) is 46.9 Å². The van der Waals surface area contributed by atoms with Gasteiger partial charge in [0.15, 0.2) is 0 Å². The summed E-state index contributed by atoms with van der Waals surface area (Å²) < 4.78 is 0.636. The molecule has 0 unspecified atom stereocenters. The van der Waals surface area contributed by atoms with Crippen molar-refractivity contribution in [1.82, 2.24) is 5.32 Å². The molecular formula is C15H12BrClN2O2. The predicted molar refractivity (Wildman–Crippen MR) is 86.9 cm³/mol. The van der Waals surface area contributed by atoms with Gasteiger partial charge in [0.05, 0.1) is 21.8 Å². The third-order valence-electron chi connectivity index (χ3n) is 2.84. The fourth-order valence-electron chi connectivity index (χ4n) is 1.79. The van der Waals surface area contributed by atoms with Crippen LogP contribution in [0.2, 0.25) is 5.02 Å². The largest absolute Gasteiger partial charge is 0.355 e. The Hall–Kier alpha value is -1.85. The number of anilines is 1. The van der Waals surface area contributed by atoms with Crippen LogP contribution in [0.25, 0.3) is 0 Å². The van der Waals surface area contributed by atoms with Crippen LogP contribution < -0.4 is 10.6 Å². The quantitative estimate of drug-likeness (QED) is 0.869. The van der Waals surface area contributed by atoms with E-state index in [9.17, 15) is 9.59 Å². The molecule has 4 nitrogen and oxygen atoms in total. The van der Waals surface area contributed by atoms with Crippen LogP contribution >= 0.6 is 27.5 Å². The van der Waals surface area contributed by atoms with E-state index in [1.165, 1.54) is 7.05 Å². The van der Waals surface area contributed by atoms with Crippen LogP contribution in [0, 0.1) is 0 Å². The lowest BCUT2D eigenvalue weighted by Gasteiger charge is -2.11. The van der Waals surface area contributed by atoms with Gasteiger partial charge in [-0.05, 0) is 40.2 Å². The van der Waals surface area contributed by atoms with Crippen LogP contribution in [0.4, 0.5) is 5.69 Å². The second-order valence-corrected chi connectivity index (χ2v) is 5.41. The van der Waals surface area contributed by atoms with Gasteiger partial charge in [0.1, 0.15) is 0 Å². The molecule has 2 N–H and O–H groups in total. The van der Waals surface area contributed by atoms with E-state index in [2.05, 4.69) is 26.6 Å². The maximum absolute atomic E-state index is 12.3. The minimum absolute atomic E-state index is 0.272. The standard InChI is InChI=1S/C15H12BrClN2O2/c1-18-14(20)9-5-2-3-8-12(9)19-15(21)10-6-4-7-11(16)13(10)17/h2-8H,1H3,(H,18,20)(H,19,21). The maximum atomic E-state index is 12.3. The summed E-state index contributed by atoms with van der Waals surface area (Å²) >= 11 is 9.37. The van der Waals surface area contributed by atoms with Crippen molar-refractivity contribution in [1.29, 1.82) is 0 Å². The predicted octanol–water partition coefficient (Wildman–Crippen LogP) is 3.71. The van der Waals surface area contributed by atoms with E-state index in [0.717, 1.165) is 0 Å². The van der Waals surface area contributed by atoms with E-state index in [0.29, 0.717) is 26.3 Å². The second-order valence-electron chi connectivity index (χ2n) is 4.18. The minimum atomic E-state index is -0.377. The zero-order chi connectivity index (χ0) is 15.4. The third-order valence-corrected chi connectivity index (χ3v) is 4.14. The number of amides is 2. The first kappa shape index (κ1) is 15.5. The minimum Gasteiger partial charge on any atom is -0.355 e. The zero-order valence-electron chi connectivity index (χ0n) is 11.1. The van der Waals surface area contributed by atoms with Crippen LogP contribution in [0.5, 0.6) is 0 Å².